The van der Waals surface area contributed by atoms with Crippen molar-refractivity contribution in [1.82, 2.24) is 0 Å². The molecule has 0 radical (unpaired) electrons. The highest BCUT2D eigenvalue weighted by atomic mass is 16.7. The van der Waals surface area contributed by atoms with Crippen LogP contribution in [0.2, 0.25) is 0 Å². The largest absolute Gasteiger partial charge is 0.507 e. The monoisotopic (exact) mass is 530 g/mol. The van der Waals surface area contributed by atoms with E-state index in [-0.39, 0.29) is 46.4 Å². The number of fused-ring (bicyclic) bond motifs is 3. The molecule has 1 fully saturated rings. The molecule has 0 saturated carbocycles. The highest BCUT2D eigenvalue weighted by molar-refractivity contribution is 6.30. The summed E-state index contributed by atoms with van der Waals surface area (Å²) >= 11 is 0. The highest BCUT2D eigenvalue weighted by Gasteiger charge is 2.48. The number of phenols is 2. The summed E-state index contributed by atoms with van der Waals surface area (Å²) in [7, 11) is 2.68. The summed E-state index contributed by atoms with van der Waals surface area (Å²) in [5.41, 5.74) is -1.42. The number of carbonyl (C=O) groups excluding carboxylic acids is 2. The van der Waals surface area contributed by atoms with Crippen LogP contribution < -0.4 is 4.74 Å². The third-order valence-electron chi connectivity index (χ3n) is 7.57. The molecule has 2 aliphatic carbocycles. The number of aliphatic hydroxyl groups excluding tert-OH is 2. The molecule has 38 heavy (non-hydrogen) atoms. The van der Waals surface area contributed by atoms with Gasteiger partial charge in [0.1, 0.15) is 35.6 Å². The van der Waals surface area contributed by atoms with Crippen molar-refractivity contribution in [3.63, 3.8) is 0 Å². The van der Waals surface area contributed by atoms with Gasteiger partial charge < -0.3 is 44.5 Å². The third kappa shape index (κ3) is 4.06. The number of phenolic OH excluding ortho intramolecular Hbond substituents is 2. The minimum absolute atomic E-state index is 0.0170. The number of aromatic hydroxyl groups is 2. The lowest BCUT2D eigenvalue weighted by Gasteiger charge is -2.44. The van der Waals surface area contributed by atoms with Crippen molar-refractivity contribution in [2.24, 2.45) is 0 Å². The number of methoxy groups -OCH3 is 2. The Morgan fingerprint density at radius 3 is 2.34 bits per heavy atom. The molecule has 3 aliphatic rings. The van der Waals surface area contributed by atoms with Gasteiger partial charge in [0.25, 0.3) is 0 Å². The Kier molecular flexibility index (Phi) is 6.49. The smallest absolute Gasteiger partial charge is 0.201 e. The van der Waals surface area contributed by atoms with Crippen LogP contribution in [-0.4, -0.2) is 87.6 Å². The fraction of sp³-hybridized carbons (Fsp3) is 0.481. The van der Waals surface area contributed by atoms with E-state index in [1.54, 1.807) is 13.8 Å². The molecule has 2 aromatic rings. The molecule has 0 unspecified atom stereocenters. The number of aliphatic hydroxyl groups is 3. The van der Waals surface area contributed by atoms with E-state index in [2.05, 4.69) is 0 Å². The molecular formula is C27H30O11. The van der Waals surface area contributed by atoms with Crippen LogP contribution in [0.1, 0.15) is 69.3 Å². The molecule has 11 nitrogen and oxygen atoms in total. The van der Waals surface area contributed by atoms with Crippen LogP contribution in [0.15, 0.2) is 18.2 Å². The molecular weight excluding hydrogens is 500 g/mol. The molecule has 1 heterocycles. The van der Waals surface area contributed by atoms with Gasteiger partial charge in [0, 0.05) is 42.7 Å². The molecule has 1 aliphatic heterocycles. The van der Waals surface area contributed by atoms with Crippen LogP contribution in [0, 0.1) is 0 Å². The molecule has 0 aromatic heterocycles. The van der Waals surface area contributed by atoms with Crippen LogP contribution in [0.3, 0.4) is 0 Å². The Hall–Kier alpha value is -3.06. The fourth-order valence-electron chi connectivity index (χ4n) is 5.68. The number of rotatable bonds is 4. The maximum atomic E-state index is 13.5. The number of ether oxygens (including phenoxy) is 4. The predicted molar refractivity (Wildman–Crippen MR) is 130 cm³/mol. The van der Waals surface area contributed by atoms with Crippen molar-refractivity contribution >= 4 is 11.6 Å². The maximum absolute atomic E-state index is 13.5. The molecule has 2 aromatic carbocycles. The van der Waals surface area contributed by atoms with Crippen molar-refractivity contribution in [3.05, 3.63) is 51.6 Å². The molecule has 0 amide bonds. The van der Waals surface area contributed by atoms with E-state index in [0.717, 1.165) is 0 Å². The molecule has 11 heteroatoms. The zero-order chi connectivity index (χ0) is 27.7. The normalized spacial score (nSPS) is 32.4. The lowest BCUT2D eigenvalue weighted by Crippen LogP contribution is -2.58. The lowest BCUT2D eigenvalue weighted by molar-refractivity contribution is -0.313. The zero-order valence-corrected chi connectivity index (χ0v) is 21.3. The van der Waals surface area contributed by atoms with E-state index >= 15 is 0 Å². The number of hydrogen-bond donors (Lipinski definition) is 5. The standard InChI is InChI=1S/C27H30O11/c1-10-20(29)24(33)25(36-4)26(37-10)38-16-9-27(2,34)8-11-5-13-19(22(31)17(11)16)23(32)18-14(21(13)30)6-12(35-3)7-15(18)28/h5-7,10,16,20,24-26,28-29,31,33-34H,8-9H2,1-4H3/t10-,16+,20-,24-,25-,26-,27+/m0/s1. The Balaban J connectivity index is 1.62. The molecule has 0 spiro atoms. The molecule has 204 valence electrons. The van der Waals surface area contributed by atoms with Gasteiger partial charge in [0.15, 0.2) is 12.1 Å². The van der Waals surface area contributed by atoms with Crippen LogP contribution in [0.25, 0.3) is 0 Å². The van der Waals surface area contributed by atoms with Crippen LogP contribution in [0.5, 0.6) is 17.2 Å². The molecule has 5 rings (SSSR count). The molecule has 0 bridgehead atoms. The fourth-order valence-corrected chi connectivity index (χ4v) is 5.68. The number of benzene rings is 2. The van der Waals surface area contributed by atoms with E-state index in [1.807, 2.05) is 0 Å². The van der Waals surface area contributed by atoms with E-state index in [9.17, 15) is 35.1 Å². The first-order valence-electron chi connectivity index (χ1n) is 12.2. The lowest BCUT2D eigenvalue weighted by atomic mass is 9.74. The summed E-state index contributed by atoms with van der Waals surface area (Å²) in [5, 5.41) is 53.7. The molecule has 7 atom stereocenters. The third-order valence-corrected chi connectivity index (χ3v) is 7.57. The second-order valence-corrected chi connectivity index (χ2v) is 10.3. The first-order chi connectivity index (χ1) is 17.9. The minimum Gasteiger partial charge on any atom is -0.507 e. The predicted octanol–water partition coefficient (Wildman–Crippen LogP) is 1.12. The van der Waals surface area contributed by atoms with Crippen molar-refractivity contribution in [1.29, 1.82) is 0 Å². The van der Waals surface area contributed by atoms with Gasteiger partial charge in [-0.2, -0.15) is 0 Å². The summed E-state index contributed by atoms with van der Waals surface area (Å²) in [6, 6.07) is 4.01. The second-order valence-electron chi connectivity index (χ2n) is 10.3. The second kappa shape index (κ2) is 9.30. The average Bonchev–Trinajstić information content (AvgIpc) is 2.84. The summed E-state index contributed by atoms with van der Waals surface area (Å²) in [6.45, 7) is 3.13. The molecule has 5 N–H and O–H groups in total. The van der Waals surface area contributed by atoms with Gasteiger partial charge >= 0.3 is 0 Å². The van der Waals surface area contributed by atoms with Crippen LogP contribution in [0.4, 0.5) is 0 Å². The quantitative estimate of drug-likeness (QED) is 0.327. The summed E-state index contributed by atoms with van der Waals surface area (Å²) in [4.78, 5) is 27.0. The summed E-state index contributed by atoms with van der Waals surface area (Å²) in [5.74, 6) is -2.12. The van der Waals surface area contributed by atoms with Gasteiger partial charge in [-0.15, -0.1) is 0 Å². The van der Waals surface area contributed by atoms with Crippen LogP contribution >= 0.6 is 0 Å². The summed E-state index contributed by atoms with van der Waals surface area (Å²) < 4.78 is 22.3. The van der Waals surface area contributed by atoms with E-state index in [0.29, 0.717) is 5.56 Å². The van der Waals surface area contributed by atoms with E-state index in [4.69, 9.17) is 18.9 Å². The summed E-state index contributed by atoms with van der Waals surface area (Å²) in [6.07, 6.45) is -6.64. The van der Waals surface area contributed by atoms with Gasteiger partial charge in [-0.25, -0.2) is 0 Å². The van der Waals surface area contributed by atoms with Crippen molar-refractivity contribution < 1.29 is 54.1 Å². The Bertz CT molecular complexity index is 1320. The first kappa shape index (κ1) is 26.5. The minimum atomic E-state index is -1.33. The zero-order valence-electron chi connectivity index (χ0n) is 21.3. The topological polar surface area (TPSA) is 172 Å². The van der Waals surface area contributed by atoms with Crippen molar-refractivity contribution in [2.75, 3.05) is 14.2 Å². The maximum Gasteiger partial charge on any atom is 0.201 e. The number of ketones is 2. The highest BCUT2D eigenvalue weighted by Crippen LogP contribution is 2.48. The van der Waals surface area contributed by atoms with E-state index in [1.165, 1.54) is 32.4 Å². The van der Waals surface area contributed by atoms with Gasteiger partial charge in [-0.1, -0.05) is 0 Å². The molecule has 1 saturated heterocycles. The average molecular weight is 531 g/mol. The van der Waals surface area contributed by atoms with Gasteiger partial charge in [-0.05, 0) is 31.5 Å². The Labute approximate surface area is 218 Å². The Morgan fingerprint density at radius 1 is 1.00 bits per heavy atom. The van der Waals surface area contributed by atoms with Crippen molar-refractivity contribution in [3.8, 4) is 17.2 Å². The van der Waals surface area contributed by atoms with Gasteiger partial charge in [-0.3, -0.25) is 9.59 Å². The van der Waals surface area contributed by atoms with Crippen molar-refractivity contribution in [2.45, 2.75) is 69.1 Å². The first-order valence-corrected chi connectivity index (χ1v) is 12.2. The van der Waals surface area contributed by atoms with E-state index < -0.39 is 65.5 Å². The Morgan fingerprint density at radius 2 is 1.68 bits per heavy atom. The van der Waals surface area contributed by atoms with Gasteiger partial charge in [0.2, 0.25) is 5.78 Å². The number of carbonyl (C=O) groups is 2. The SMILES string of the molecule is COc1cc(O)c2c(c1)C(=O)c1cc3c(c(O)c1C2=O)[C@H](O[C@@H]1O[C@@H](C)[C@H](O)[C@H](O)[C@@H]1OC)C[C@](C)(O)C3. The number of hydrogen-bond acceptors (Lipinski definition) is 11. The van der Waals surface area contributed by atoms with Crippen LogP contribution in [-0.2, 0) is 20.6 Å². The van der Waals surface area contributed by atoms with Gasteiger partial charge in [0.05, 0.1) is 36.0 Å².